The van der Waals surface area contributed by atoms with Crippen molar-refractivity contribution in [2.75, 3.05) is 11.1 Å². The summed E-state index contributed by atoms with van der Waals surface area (Å²) < 4.78 is 39.4. The second kappa shape index (κ2) is 6.59. The number of carbonyl (C=O) groups is 2. The zero-order chi connectivity index (χ0) is 20.1. The summed E-state index contributed by atoms with van der Waals surface area (Å²) in [6.07, 6.45) is -2.79. The molecule has 1 amide bonds. The molecule has 0 spiro atoms. The highest BCUT2D eigenvalue weighted by Gasteiger charge is 2.34. The largest absolute Gasteiger partial charge is 0.418 e. The number of aryl methyl sites for hydroxylation is 1. The number of fused-ring (bicyclic) bond motifs is 2. The van der Waals surface area contributed by atoms with E-state index in [1.54, 1.807) is 6.07 Å². The molecule has 1 aliphatic rings. The van der Waals surface area contributed by atoms with Crippen molar-refractivity contribution in [3.05, 3.63) is 52.0 Å². The number of hydrogen-bond donors (Lipinski definition) is 2. The summed E-state index contributed by atoms with van der Waals surface area (Å²) in [6.45, 7) is 0. The van der Waals surface area contributed by atoms with Crippen LogP contribution < -0.4 is 11.1 Å². The number of thiophene rings is 1. The number of nitrogens with one attached hydrogen (secondary N) is 1. The Morgan fingerprint density at radius 2 is 1.96 bits per heavy atom. The van der Waals surface area contributed by atoms with E-state index in [0.29, 0.717) is 40.7 Å². The minimum absolute atomic E-state index is 0.0219. The van der Waals surface area contributed by atoms with Crippen molar-refractivity contribution in [2.24, 2.45) is 0 Å². The molecule has 0 fully saturated rings. The molecule has 3 aromatic rings. The topological polar surface area (TPSA) is 85.1 Å². The monoisotopic (exact) mass is 405 g/mol. The van der Waals surface area contributed by atoms with Gasteiger partial charge in [0.15, 0.2) is 5.78 Å². The second-order valence-electron chi connectivity index (χ2n) is 6.45. The van der Waals surface area contributed by atoms with Crippen molar-refractivity contribution in [3.63, 3.8) is 0 Å². The highest BCUT2D eigenvalue weighted by molar-refractivity contribution is 7.21. The third kappa shape index (κ3) is 3.11. The number of aromatic nitrogens is 1. The number of halogens is 3. The van der Waals surface area contributed by atoms with E-state index in [1.807, 2.05) is 0 Å². The van der Waals surface area contributed by atoms with Gasteiger partial charge in [0.05, 0.1) is 22.6 Å². The van der Waals surface area contributed by atoms with E-state index >= 15 is 0 Å². The van der Waals surface area contributed by atoms with Crippen LogP contribution in [0, 0.1) is 0 Å². The molecule has 3 N–H and O–H groups in total. The fourth-order valence-corrected chi connectivity index (χ4v) is 4.24. The van der Waals surface area contributed by atoms with Gasteiger partial charge in [-0.1, -0.05) is 12.1 Å². The van der Waals surface area contributed by atoms with Crippen LogP contribution in [0.25, 0.3) is 10.2 Å². The number of nitrogens with zero attached hydrogens (tertiary/aromatic N) is 1. The minimum atomic E-state index is -4.60. The molecular formula is C19H14F3N3O2S. The number of anilines is 2. The van der Waals surface area contributed by atoms with Crippen LogP contribution in [-0.4, -0.2) is 16.7 Å². The summed E-state index contributed by atoms with van der Waals surface area (Å²) in [6, 6.07) is 6.36. The molecule has 0 atom stereocenters. The Hall–Kier alpha value is -2.94. The van der Waals surface area contributed by atoms with E-state index in [9.17, 15) is 22.8 Å². The molecule has 2 aromatic heterocycles. The average molecular weight is 405 g/mol. The van der Waals surface area contributed by atoms with Crippen molar-refractivity contribution in [3.8, 4) is 0 Å². The van der Waals surface area contributed by atoms with E-state index in [2.05, 4.69) is 10.3 Å². The Morgan fingerprint density at radius 1 is 1.21 bits per heavy atom. The molecule has 4 rings (SSSR count). The van der Waals surface area contributed by atoms with Crippen LogP contribution in [0.3, 0.4) is 0 Å². The Kier molecular flexibility index (Phi) is 4.34. The highest BCUT2D eigenvalue weighted by atomic mass is 32.1. The van der Waals surface area contributed by atoms with Gasteiger partial charge in [-0.25, -0.2) is 4.98 Å². The third-order valence-electron chi connectivity index (χ3n) is 4.60. The molecular weight excluding hydrogens is 391 g/mol. The number of pyridine rings is 1. The van der Waals surface area contributed by atoms with Gasteiger partial charge in [0.2, 0.25) is 0 Å². The summed E-state index contributed by atoms with van der Waals surface area (Å²) in [5.74, 6) is -0.771. The number of amides is 1. The Labute approximate surface area is 161 Å². The summed E-state index contributed by atoms with van der Waals surface area (Å²) in [4.78, 5) is 29.7. The first-order chi connectivity index (χ1) is 13.3. The van der Waals surface area contributed by atoms with Gasteiger partial charge in [-0.15, -0.1) is 11.3 Å². The predicted octanol–water partition coefficient (Wildman–Crippen LogP) is 4.67. The molecule has 0 unspecified atom stereocenters. The van der Waals surface area contributed by atoms with E-state index in [4.69, 9.17) is 5.73 Å². The van der Waals surface area contributed by atoms with E-state index in [1.165, 1.54) is 18.2 Å². The van der Waals surface area contributed by atoms with Gasteiger partial charge in [-0.3, -0.25) is 9.59 Å². The zero-order valence-corrected chi connectivity index (χ0v) is 15.2. The molecule has 2 heterocycles. The Morgan fingerprint density at radius 3 is 2.71 bits per heavy atom. The zero-order valence-electron chi connectivity index (χ0n) is 14.4. The van der Waals surface area contributed by atoms with Crippen LogP contribution in [0.5, 0.6) is 0 Å². The molecule has 0 bridgehead atoms. The predicted molar refractivity (Wildman–Crippen MR) is 101 cm³/mol. The first-order valence-corrected chi connectivity index (χ1v) is 9.30. The summed E-state index contributed by atoms with van der Waals surface area (Å²) >= 11 is 0.998. The lowest BCUT2D eigenvalue weighted by atomic mass is 9.94. The molecule has 0 aliphatic heterocycles. The van der Waals surface area contributed by atoms with Crippen molar-refractivity contribution in [1.82, 2.24) is 4.98 Å². The maximum absolute atomic E-state index is 13.1. The number of nitrogens with two attached hydrogens (primary N) is 1. The number of hydrogen-bond acceptors (Lipinski definition) is 5. The number of ketones is 1. The first-order valence-electron chi connectivity index (χ1n) is 8.48. The maximum atomic E-state index is 13.1. The molecule has 0 saturated carbocycles. The van der Waals surface area contributed by atoms with Crippen LogP contribution in [0.4, 0.5) is 24.5 Å². The van der Waals surface area contributed by atoms with Crippen LogP contribution in [0.15, 0.2) is 30.3 Å². The van der Waals surface area contributed by atoms with Crippen LogP contribution >= 0.6 is 11.3 Å². The third-order valence-corrected chi connectivity index (χ3v) is 5.72. The van der Waals surface area contributed by atoms with Gasteiger partial charge in [0.1, 0.15) is 9.71 Å². The van der Waals surface area contributed by atoms with Gasteiger partial charge in [0.25, 0.3) is 5.91 Å². The SMILES string of the molecule is Nc1c(C(=O)Nc2ccccc2C(F)(F)F)sc2nc3c(cc12)C(=O)CCC3. The molecule has 9 heteroatoms. The van der Waals surface area contributed by atoms with Crippen molar-refractivity contribution in [2.45, 2.75) is 25.4 Å². The van der Waals surface area contributed by atoms with Gasteiger partial charge in [-0.05, 0) is 31.0 Å². The Bertz CT molecular complexity index is 1120. The van der Waals surface area contributed by atoms with Crippen LogP contribution in [0.1, 0.15) is 44.1 Å². The molecule has 0 radical (unpaired) electrons. The lowest BCUT2D eigenvalue weighted by Gasteiger charge is -2.13. The number of carbonyl (C=O) groups excluding carboxylic acids is 2. The second-order valence-corrected chi connectivity index (χ2v) is 7.45. The molecule has 5 nitrogen and oxygen atoms in total. The molecule has 144 valence electrons. The minimum Gasteiger partial charge on any atom is -0.397 e. The quantitative estimate of drug-likeness (QED) is 0.649. The van der Waals surface area contributed by atoms with Crippen LogP contribution in [0.2, 0.25) is 0 Å². The number of rotatable bonds is 2. The van der Waals surface area contributed by atoms with Gasteiger partial charge in [-0.2, -0.15) is 13.2 Å². The van der Waals surface area contributed by atoms with Crippen molar-refractivity contribution < 1.29 is 22.8 Å². The summed E-state index contributed by atoms with van der Waals surface area (Å²) in [7, 11) is 0. The molecule has 1 aliphatic carbocycles. The van der Waals surface area contributed by atoms with Crippen LogP contribution in [-0.2, 0) is 12.6 Å². The van der Waals surface area contributed by atoms with Crippen molar-refractivity contribution >= 4 is 44.6 Å². The normalized spacial score (nSPS) is 14.2. The van der Waals surface area contributed by atoms with Gasteiger partial charge >= 0.3 is 6.18 Å². The number of alkyl halides is 3. The van der Waals surface area contributed by atoms with E-state index in [0.717, 1.165) is 17.4 Å². The lowest BCUT2D eigenvalue weighted by Crippen LogP contribution is -2.16. The van der Waals surface area contributed by atoms with Gasteiger partial charge in [0, 0.05) is 17.4 Å². The first kappa shape index (κ1) is 18.4. The number of Topliss-reactive ketones (excluding diaryl/α,β-unsaturated/α-hetero) is 1. The summed E-state index contributed by atoms with van der Waals surface area (Å²) in [5, 5.41) is 2.76. The smallest absolute Gasteiger partial charge is 0.397 e. The van der Waals surface area contributed by atoms with Crippen molar-refractivity contribution in [1.29, 1.82) is 0 Å². The molecule has 0 saturated heterocycles. The summed E-state index contributed by atoms with van der Waals surface area (Å²) in [5.41, 5.74) is 6.05. The molecule has 28 heavy (non-hydrogen) atoms. The van der Waals surface area contributed by atoms with E-state index < -0.39 is 17.6 Å². The highest BCUT2D eigenvalue weighted by Crippen LogP contribution is 2.38. The number of nitrogen functional groups attached to an aromatic ring is 1. The standard InChI is InChI=1S/C19H14F3N3O2S/c20-19(21,22)11-4-1-2-5-13(11)24-17(27)16-15(23)10-8-9-12(25-18(10)28-16)6-3-7-14(9)26/h1-2,4-5,8H,3,6-7,23H2,(H,24,27). The fraction of sp³-hybridized carbons (Fsp3) is 0.211. The molecule has 1 aromatic carbocycles. The maximum Gasteiger partial charge on any atom is 0.418 e. The van der Waals surface area contributed by atoms with Gasteiger partial charge < -0.3 is 11.1 Å². The average Bonchev–Trinajstić information content (AvgIpc) is 2.96. The number of para-hydroxylation sites is 1. The Balaban J connectivity index is 1.73. The lowest BCUT2D eigenvalue weighted by molar-refractivity contribution is -0.136. The fourth-order valence-electron chi connectivity index (χ4n) is 3.25. The van der Waals surface area contributed by atoms with E-state index in [-0.39, 0.29) is 22.0 Å². The number of benzene rings is 1.